The van der Waals surface area contributed by atoms with Crippen LogP contribution in [-0.2, 0) is 0 Å². The minimum atomic E-state index is -0.598. The Morgan fingerprint density at radius 1 is 1.04 bits per heavy atom. The lowest BCUT2D eigenvalue weighted by atomic mass is 10.2. The second kappa shape index (κ2) is 6.79. The number of methoxy groups -OCH3 is 2. The molecule has 0 saturated carbocycles. The number of oxazole rings is 1. The zero-order chi connectivity index (χ0) is 18.8. The molecule has 0 unspecified atom stereocenters. The van der Waals surface area contributed by atoms with E-state index < -0.39 is 5.91 Å². The highest BCUT2D eigenvalue weighted by Crippen LogP contribution is 2.33. The number of hydrogen-bond acceptors (Lipinski definition) is 8. The number of carbonyl (C=O) groups excluding carboxylic acids is 1. The number of aromatic nitrogens is 3. The molecule has 0 aliphatic heterocycles. The van der Waals surface area contributed by atoms with E-state index in [2.05, 4.69) is 20.5 Å². The van der Waals surface area contributed by atoms with Gasteiger partial charge in [-0.1, -0.05) is 17.2 Å². The first kappa shape index (κ1) is 16.6. The average molecular weight is 366 g/mol. The van der Waals surface area contributed by atoms with Crippen LogP contribution in [0.3, 0.4) is 0 Å². The molecule has 0 spiro atoms. The Morgan fingerprint density at radius 2 is 1.89 bits per heavy atom. The molecule has 1 N–H and O–H groups in total. The minimum Gasteiger partial charge on any atom is -0.497 e. The maximum absolute atomic E-state index is 12.3. The molecule has 4 rings (SSSR count). The van der Waals surface area contributed by atoms with Crippen molar-refractivity contribution in [2.45, 2.75) is 0 Å². The van der Waals surface area contributed by atoms with E-state index in [1.165, 1.54) is 7.11 Å². The average Bonchev–Trinajstić information content (AvgIpc) is 3.34. The molecule has 0 bridgehead atoms. The lowest BCUT2D eigenvalue weighted by Gasteiger charge is -2.07. The third-order valence-corrected chi connectivity index (χ3v) is 3.77. The summed E-state index contributed by atoms with van der Waals surface area (Å²) < 4.78 is 21.4. The number of rotatable bonds is 5. The lowest BCUT2D eigenvalue weighted by Crippen LogP contribution is -2.12. The first-order chi connectivity index (χ1) is 13.2. The summed E-state index contributed by atoms with van der Waals surface area (Å²) in [6.07, 6.45) is 0. The van der Waals surface area contributed by atoms with Crippen LogP contribution < -0.4 is 14.8 Å². The van der Waals surface area contributed by atoms with Crippen molar-refractivity contribution in [1.82, 2.24) is 15.2 Å². The molecule has 0 aliphatic rings. The summed E-state index contributed by atoms with van der Waals surface area (Å²) in [5.74, 6) is 0.588. The Labute approximate surface area is 152 Å². The van der Waals surface area contributed by atoms with Crippen LogP contribution in [0.15, 0.2) is 51.3 Å². The van der Waals surface area contributed by atoms with Crippen molar-refractivity contribution in [3.8, 4) is 23.0 Å². The Balaban J connectivity index is 1.58. The second-order valence-corrected chi connectivity index (χ2v) is 5.42. The molecule has 4 aromatic rings. The van der Waals surface area contributed by atoms with Gasteiger partial charge in [0, 0.05) is 0 Å². The van der Waals surface area contributed by atoms with Crippen LogP contribution in [0.25, 0.3) is 22.6 Å². The van der Waals surface area contributed by atoms with Gasteiger partial charge in [0.25, 0.3) is 11.8 Å². The van der Waals surface area contributed by atoms with Gasteiger partial charge in [-0.2, -0.15) is 0 Å². The van der Waals surface area contributed by atoms with Crippen molar-refractivity contribution in [3.05, 3.63) is 48.4 Å². The van der Waals surface area contributed by atoms with Crippen LogP contribution in [0.4, 0.5) is 6.01 Å². The first-order valence-electron chi connectivity index (χ1n) is 7.91. The van der Waals surface area contributed by atoms with E-state index >= 15 is 0 Å². The largest absolute Gasteiger partial charge is 0.497 e. The van der Waals surface area contributed by atoms with E-state index in [1.54, 1.807) is 49.6 Å². The van der Waals surface area contributed by atoms with Crippen LogP contribution in [0, 0.1) is 0 Å². The van der Waals surface area contributed by atoms with E-state index in [-0.39, 0.29) is 17.8 Å². The van der Waals surface area contributed by atoms with E-state index in [0.29, 0.717) is 28.2 Å². The summed E-state index contributed by atoms with van der Waals surface area (Å²) in [6, 6.07) is 12.1. The molecule has 136 valence electrons. The van der Waals surface area contributed by atoms with E-state index in [0.717, 1.165) is 0 Å². The quantitative estimate of drug-likeness (QED) is 0.573. The Kier molecular flexibility index (Phi) is 4.17. The molecule has 0 atom stereocenters. The fraction of sp³-hybridized carbons (Fsp3) is 0.111. The molecule has 9 heteroatoms. The van der Waals surface area contributed by atoms with Gasteiger partial charge >= 0.3 is 11.9 Å². The summed E-state index contributed by atoms with van der Waals surface area (Å²) in [7, 11) is 3.07. The van der Waals surface area contributed by atoms with Gasteiger partial charge in [-0.3, -0.25) is 10.1 Å². The number of benzene rings is 2. The Hall–Kier alpha value is -3.88. The highest BCUT2D eigenvalue weighted by Gasteiger charge is 2.19. The third-order valence-electron chi connectivity index (χ3n) is 3.77. The highest BCUT2D eigenvalue weighted by molar-refractivity contribution is 6.01. The number of para-hydroxylation sites is 2. The molecule has 0 fully saturated rings. The normalized spacial score (nSPS) is 10.7. The van der Waals surface area contributed by atoms with Crippen molar-refractivity contribution < 1.29 is 23.1 Å². The maximum Gasteiger partial charge on any atom is 0.322 e. The Bertz CT molecular complexity index is 1080. The van der Waals surface area contributed by atoms with Crippen LogP contribution in [-0.4, -0.2) is 35.3 Å². The lowest BCUT2D eigenvalue weighted by molar-refractivity contribution is 0.0989. The van der Waals surface area contributed by atoms with Gasteiger partial charge in [0.05, 0.1) is 19.8 Å². The van der Waals surface area contributed by atoms with Crippen molar-refractivity contribution >= 4 is 23.0 Å². The summed E-state index contributed by atoms with van der Waals surface area (Å²) >= 11 is 0. The minimum absolute atomic E-state index is 0.0953. The van der Waals surface area contributed by atoms with Gasteiger partial charge < -0.3 is 18.3 Å². The number of amides is 1. The van der Waals surface area contributed by atoms with Crippen LogP contribution >= 0.6 is 0 Å². The summed E-state index contributed by atoms with van der Waals surface area (Å²) in [5.41, 5.74) is 1.62. The number of nitrogens with zero attached hydrogens (tertiary/aromatic N) is 3. The maximum atomic E-state index is 12.3. The molecular formula is C18H14N4O5. The SMILES string of the molecule is COc1ccc(OC)c(-c2nnc(NC(=O)c3nc4ccccc4o3)o2)c1. The van der Waals surface area contributed by atoms with Crippen LogP contribution in [0.5, 0.6) is 11.5 Å². The number of fused-ring (bicyclic) bond motifs is 1. The van der Waals surface area contributed by atoms with E-state index in [4.69, 9.17) is 18.3 Å². The van der Waals surface area contributed by atoms with Gasteiger partial charge in [0.2, 0.25) is 0 Å². The Morgan fingerprint density at radius 3 is 2.67 bits per heavy atom. The predicted octanol–water partition coefficient (Wildman–Crippen LogP) is 3.15. The van der Waals surface area contributed by atoms with Crippen molar-refractivity contribution in [1.29, 1.82) is 0 Å². The van der Waals surface area contributed by atoms with Gasteiger partial charge in [-0.05, 0) is 30.3 Å². The molecule has 27 heavy (non-hydrogen) atoms. The fourth-order valence-electron chi connectivity index (χ4n) is 2.48. The molecule has 1 amide bonds. The first-order valence-corrected chi connectivity index (χ1v) is 7.91. The monoisotopic (exact) mass is 366 g/mol. The number of carbonyl (C=O) groups is 1. The van der Waals surface area contributed by atoms with Gasteiger partial charge in [0.15, 0.2) is 5.58 Å². The molecule has 2 aromatic heterocycles. The van der Waals surface area contributed by atoms with E-state index in [9.17, 15) is 4.79 Å². The summed E-state index contributed by atoms with van der Waals surface area (Å²) in [4.78, 5) is 16.4. The zero-order valence-corrected chi connectivity index (χ0v) is 14.4. The van der Waals surface area contributed by atoms with E-state index in [1.807, 2.05) is 0 Å². The molecule has 9 nitrogen and oxygen atoms in total. The molecular weight excluding hydrogens is 352 g/mol. The topological polar surface area (TPSA) is 113 Å². The van der Waals surface area contributed by atoms with Crippen molar-refractivity contribution in [3.63, 3.8) is 0 Å². The third kappa shape index (κ3) is 3.17. The summed E-state index contributed by atoms with van der Waals surface area (Å²) in [6.45, 7) is 0. The molecule has 0 aliphatic carbocycles. The predicted molar refractivity (Wildman–Crippen MR) is 94.8 cm³/mol. The fourth-order valence-corrected chi connectivity index (χ4v) is 2.48. The highest BCUT2D eigenvalue weighted by atomic mass is 16.5. The molecule has 0 radical (unpaired) electrons. The number of ether oxygens (including phenoxy) is 2. The molecule has 0 saturated heterocycles. The molecule has 2 aromatic carbocycles. The van der Waals surface area contributed by atoms with Crippen molar-refractivity contribution in [2.24, 2.45) is 0 Å². The van der Waals surface area contributed by atoms with Gasteiger partial charge in [0.1, 0.15) is 17.0 Å². The summed E-state index contributed by atoms with van der Waals surface area (Å²) in [5, 5.41) is 10.2. The van der Waals surface area contributed by atoms with Crippen molar-refractivity contribution in [2.75, 3.05) is 19.5 Å². The van der Waals surface area contributed by atoms with Crippen LogP contribution in [0.2, 0.25) is 0 Å². The molecule has 2 heterocycles. The van der Waals surface area contributed by atoms with Gasteiger partial charge in [-0.25, -0.2) is 4.98 Å². The zero-order valence-electron chi connectivity index (χ0n) is 14.4. The number of hydrogen-bond donors (Lipinski definition) is 1. The second-order valence-electron chi connectivity index (χ2n) is 5.42. The van der Waals surface area contributed by atoms with Gasteiger partial charge in [-0.15, -0.1) is 5.10 Å². The standard InChI is InChI=1S/C18H14N4O5/c1-24-10-7-8-13(25-2)11(9-10)16-21-22-18(27-16)20-15(23)17-19-12-5-3-4-6-14(12)26-17/h3-9H,1-2H3,(H,20,22,23). The number of anilines is 1. The van der Waals surface area contributed by atoms with Crippen LogP contribution in [0.1, 0.15) is 10.7 Å². The smallest absolute Gasteiger partial charge is 0.322 e. The number of nitrogens with one attached hydrogen (secondary N) is 1.